The Kier molecular flexibility index (Phi) is 4.90. The van der Waals surface area contributed by atoms with Crippen molar-refractivity contribution in [3.8, 4) is 0 Å². The zero-order chi connectivity index (χ0) is 19.8. The van der Waals surface area contributed by atoms with Gasteiger partial charge in [-0.25, -0.2) is 13.9 Å². The highest BCUT2D eigenvalue weighted by molar-refractivity contribution is 7.93. The molecule has 1 atom stereocenters. The number of nitrogens with one attached hydrogen (secondary N) is 2. The first-order valence-corrected chi connectivity index (χ1v) is 9.70. The molecule has 1 aliphatic rings. The van der Waals surface area contributed by atoms with E-state index in [9.17, 15) is 18.0 Å². The van der Waals surface area contributed by atoms with Crippen LogP contribution in [0.25, 0.3) is 0 Å². The van der Waals surface area contributed by atoms with Gasteiger partial charge in [-0.1, -0.05) is 32.0 Å². The van der Waals surface area contributed by atoms with Crippen LogP contribution in [0.4, 0.5) is 11.4 Å². The van der Waals surface area contributed by atoms with E-state index < -0.39 is 27.9 Å². The lowest BCUT2D eigenvalue weighted by Gasteiger charge is -2.39. The highest BCUT2D eigenvalue weighted by atomic mass is 32.2. The Hall–Kier alpha value is -2.91. The third-order valence-electron chi connectivity index (χ3n) is 4.31. The fraction of sp³-hybridized carbons (Fsp3) is 0.222. The minimum Gasteiger partial charge on any atom is -0.322 e. The van der Waals surface area contributed by atoms with Gasteiger partial charge in [0.1, 0.15) is 6.04 Å². The summed E-state index contributed by atoms with van der Waals surface area (Å²) in [7, 11) is -4.02. The average molecular weight is 389 g/mol. The van der Waals surface area contributed by atoms with E-state index in [1.54, 1.807) is 32.0 Å². The van der Waals surface area contributed by atoms with Crippen molar-refractivity contribution in [2.45, 2.75) is 24.8 Å². The molecule has 0 saturated carbocycles. The first kappa shape index (κ1) is 18.9. The Labute approximate surface area is 156 Å². The summed E-state index contributed by atoms with van der Waals surface area (Å²) in [6.07, 6.45) is 0. The molecule has 0 spiro atoms. The smallest absolute Gasteiger partial charge is 0.274 e. The highest BCUT2D eigenvalue weighted by Gasteiger charge is 2.42. The van der Waals surface area contributed by atoms with Crippen LogP contribution in [-0.4, -0.2) is 31.5 Å². The number of benzene rings is 2. The van der Waals surface area contributed by atoms with Crippen LogP contribution >= 0.6 is 0 Å². The van der Waals surface area contributed by atoms with Gasteiger partial charge in [-0.2, -0.15) is 0 Å². The number of sulfonamides is 1. The molecule has 0 fully saturated rings. The molecular formula is C18H19N3O5S. The standard InChI is InChI=1S/C18H19N3O5S/c1-11(2)16-18(23)19-14-10-12(17(22)20-24)8-9-15(14)21(16)27(25,26)13-6-4-3-5-7-13/h3-11,16,24H,1-2H3,(H,19,23)(H,20,22). The molecule has 0 saturated heterocycles. The van der Waals surface area contributed by atoms with E-state index in [4.69, 9.17) is 5.21 Å². The van der Waals surface area contributed by atoms with Gasteiger partial charge < -0.3 is 5.32 Å². The molecule has 8 nitrogen and oxygen atoms in total. The zero-order valence-electron chi connectivity index (χ0n) is 14.7. The summed E-state index contributed by atoms with van der Waals surface area (Å²) < 4.78 is 27.7. The van der Waals surface area contributed by atoms with Gasteiger partial charge in [0.2, 0.25) is 5.91 Å². The number of nitrogens with zero attached hydrogens (tertiary/aromatic N) is 1. The fourth-order valence-electron chi connectivity index (χ4n) is 3.06. The maximum atomic E-state index is 13.3. The first-order chi connectivity index (χ1) is 12.8. The Bertz CT molecular complexity index is 989. The normalized spacial score (nSPS) is 16.7. The van der Waals surface area contributed by atoms with E-state index in [1.807, 2.05) is 0 Å². The van der Waals surface area contributed by atoms with Crippen LogP contribution in [0, 0.1) is 5.92 Å². The van der Waals surface area contributed by atoms with Gasteiger partial charge in [0.25, 0.3) is 15.9 Å². The third-order valence-corrected chi connectivity index (χ3v) is 6.12. The molecule has 142 valence electrons. The van der Waals surface area contributed by atoms with Gasteiger partial charge in [0.05, 0.1) is 16.3 Å². The topological polar surface area (TPSA) is 116 Å². The Morgan fingerprint density at radius 1 is 1.19 bits per heavy atom. The van der Waals surface area contributed by atoms with E-state index in [2.05, 4.69) is 5.32 Å². The van der Waals surface area contributed by atoms with Crippen molar-refractivity contribution in [2.24, 2.45) is 5.92 Å². The summed E-state index contributed by atoms with van der Waals surface area (Å²) in [6, 6.07) is 11.0. The predicted octanol–water partition coefficient (Wildman–Crippen LogP) is 1.98. The summed E-state index contributed by atoms with van der Waals surface area (Å²) >= 11 is 0. The Balaban J connectivity index is 2.21. The molecule has 2 amide bonds. The van der Waals surface area contributed by atoms with Crippen LogP contribution in [0.3, 0.4) is 0 Å². The van der Waals surface area contributed by atoms with Gasteiger partial charge in [-0.05, 0) is 36.2 Å². The molecule has 0 radical (unpaired) electrons. The van der Waals surface area contributed by atoms with E-state index in [0.29, 0.717) is 0 Å². The number of hydrogen-bond donors (Lipinski definition) is 3. The predicted molar refractivity (Wildman–Crippen MR) is 99.1 cm³/mol. The molecule has 2 aromatic rings. The van der Waals surface area contributed by atoms with E-state index >= 15 is 0 Å². The maximum Gasteiger partial charge on any atom is 0.274 e. The maximum absolute atomic E-state index is 13.3. The van der Waals surface area contributed by atoms with Gasteiger partial charge in [-0.3, -0.25) is 19.1 Å². The van der Waals surface area contributed by atoms with Crippen LogP contribution < -0.4 is 15.1 Å². The first-order valence-electron chi connectivity index (χ1n) is 8.26. The molecular weight excluding hydrogens is 370 g/mol. The lowest BCUT2D eigenvalue weighted by atomic mass is 9.99. The summed E-state index contributed by atoms with van der Waals surface area (Å²) in [4.78, 5) is 24.4. The van der Waals surface area contributed by atoms with Crippen molar-refractivity contribution >= 4 is 33.2 Å². The lowest BCUT2D eigenvalue weighted by molar-refractivity contribution is -0.118. The monoisotopic (exact) mass is 389 g/mol. The number of anilines is 2. The summed E-state index contributed by atoms with van der Waals surface area (Å²) in [5, 5.41) is 11.5. The minimum atomic E-state index is -4.02. The number of amides is 2. The second-order valence-electron chi connectivity index (χ2n) is 6.46. The molecule has 3 N–H and O–H groups in total. The second-order valence-corrected chi connectivity index (χ2v) is 8.28. The van der Waals surface area contributed by atoms with E-state index in [0.717, 1.165) is 4.31 Å². The fourth-order valence-corrected chi connectivity index (χ4v) is 4.84. The molecule has 0 bridgehead atoms. The van der Waals surface area contributed by atoms with Crippen molar-refractivity contribution < 1.29 is 23.2 Å². The van der Waals surface area contributed by atoms with Crippen LogP contribution in [0.15, 0.2) is 53.4 Å². The average Bonchev–Trinajstić information content (AvgIpc) is 2.66. The highest BCUT2D eigenvalue weighted by Crippen LogP contribution is 2.38. The number of hydrogen-bond acceptors (Lipinski definition) is 5. The summed E-state index contributed by atoms with van der Waals surface area (Å²) in [5.41, 5.74) is 2.02. The van der Waals surface area contributed by atoms with E-state index in [-0.39, 0.29) is 27.8 Å². The third kappa shape index (κ3) is 3.26. The van der Waals surface area contributed by atoms with Crippen LogP contribution in [0.2, 0.25) is 0 Å². The molecule has 3 rings (SSSR count). The molecule has 9 heteroatoms. The van der Waals surface area contributed by atoms with Gasteiger partial charge in [0, 0.05) is 5.56 Å². The molecule has 2 aromatic carbocycles. The van der Waals surface area contributed by atoms with Gasteiger partial charge in [0.15, 0.2) is 0 Å². The number of carbonyl (C=O) groups excluding carboxylic acids is 2. The number of rotatable bonds is 4. The number of hydroxylamine groups is 1. The zero-order valence-corrected chi connectivity index (χ0v) is 15.5. The van der Waals surface area contributed by atoms with E-state index in [1.165, 1.54) is 35.8 Å². The summed E-state index contributed by atoms with van der Waals surface area (Å²) in [5.74, 6) is -1.55. The molecule has 0 aliphatic carbocycles. The molecule has 0 aromatic heterocycles. The molecule has 1 aliphatic heterocycles. The summed E-state index contributed by atoms with van der Waals surface area (Å²) in [6.45, 7) is 3.52. The quantitative estimate of drug-likeness (QED) is 0.546. The SMILES string of the molecule is CC(C)C1C(=O)Nc2cc(C(=O)NO)ccc2N1S(=O)(=O)c1ccccc1. The Morgan fingerprint density at radius 2 is 1.85 bits per heavy atom. The largest absolute Gasteiger partial charge is 0.322 e. The van der Waals surface area contributed by atoms with Crippen LogP contribution in [0.5, 0.6) is 0 Å². The van der Waals surface area contributed by atoms with Crippen molar-refractivity contribution in [3.63, 3.8) is 0 Å². The minimum absolute atomic E-state index is 0.0634. The molecule has 27 heavy (non-hydrogen) atoms. The van der Waals surface area contributed by atoms with Crippen molar-refractivity contribution in [3.05, 3.63) is 54.1 Å². The van der Waals surface area contributed by atoms with Crippen LogP contribution in [0.1, 0.15) is 24.2 Å². The van der Waals surface area contributed by atoms with Crippen molar-refractivity contribution in [1.29, 1.82) is 0 Å². The Morgan fingerprint density at radius 3 is 2.44 bits per heavy atom. The second kappa shape index (κ2) is 7.01. The molecule has 1 unspecified atom stereocenters. The molecule has 1 heterocycles. The van der Waals surface area contributed by atoms with Crippen LogP contribution in [-0.2, 0) is 14.8 Å². The van der Waals surface area contributed by atoms with Crippen molar-refractivity contribution in [1.82, 2.24) is 5.48 Å². The van der Waals surface area contributed by atoms with Crippen molar-refractivity contribution in [2.75, 3.05) is 9.62 Å². The van der Waals surface area contributed by atoms with Gasteiger partial charge in [-0.15, -0.1) is 0 Å². The lowest BCUT2D eigenvalue weighted by Crippen LogP contribution is -2.53. The van der Waals surface area contributed by atoms with Gasteiger partial charge >= 0.3 is 0 Å². The number of fused-ring (bicyclic) bond motifs is 1. The number of carbonyl (C=O) groups is 2.